The summed E-state index contributed by atoms with van der Waals surface area (Å²) in [6.07, 6.45) is -0.0101. The number of amides is 4. The zero-order chi connectivity index (χ0) is 19.6. The summed E-state index contributed by atoms with van der Waals surface area (Å²) in [6.45, 7) is 0.00930. The van der Waals surface area contributed by atoms with Crippen LogP contribution in [0.25, 0.3) is 0 Å². The monoisotopic (exact) mass is 365 g/mol. The predicted octanol–water partition coefficient (Wildman–Crippen LogP) is 2.01. The fourth-order valence-corrected chi connectivity index (χ4v) is 2.83. The van der Waals surface area contributed by atoms with Gasteiger partial charge in [0.1, 0.15) is 0 Å². The van der Waals surface area contributed by atoms with Crippen LogP contribution < -0.4 is 5.32 Å². The minimum Gasteiger partial charge on any atom is -0.345 e. The molecule has 2 aromatic rings. The highest BCUT2D eigenvalue weighted by atomic mass is 16.2. The highest BCUT2D eigenvalue weighted by Gasteiger charge is 2.34. The average molecular weight is 365 g/mol. The first-order valence-electron chi connectivity index (χ1n) is 8.45. The molecule has 0 saturated heterocycles. The van der Waals surface area contributed by atoms with E-state index in [0.29, 0.717) is 22.4 Å². The SMILES string of the molecule is CN(C)C(=O)c1ccc(NC(=O)CCN2C(=O)c3ccccc3C2=O)cc1. The Bertz CT molecular complexity index is 884. The van der Waals surface area contributed by atoms with Gasteiger partial charge in [-0.3, -0.25) is 24.1 Å². The first-order valence-corrected chi connectivity index (χ1v) is 8.45. The van der Waals surface area contributed by atoms with Gasteiger partial charge in [-0.05, 0) is 36.4 Å². The predicted molar refractivity (Wildman–Crippen MR) is 99.5 cm³/mol. The Morgan fingerprint density at radius 2 is 1.48 bits per heavy atom. The maximum absolute atomic E-state index is 12.3. The third-order valence-electron chi connectivity index (χ3n) is 4.26. The molecule has 27 heavy (non-hydrogen) atoms. The second-order valence-electron chi connectivity index (χ2n) is 6.38. The van der Waals surface area contributed by atoms with E-state index in [1.54, 1.807) is 62.6 Å². The van der Waals surface area contributed by atoms with Gasteiger partial charge in [0.15, 0.2) is 0 Å². The summed E-state index contributed by atoms with van der Waals surface area (Å²) in [7, 11) is 3.33. The molecule has 138 valence electrons. The zero-order valence-electron chi connectivity index (χ0n) is 15.1. The van der Waals surface area contributed by atoms with Crippen LogP contribution in [-0.4, -0.2) is 54.1 Å². The lowest BCUT2D eigenvalue weighted by atomic mass is 10.1. The molecular weight excluding hydrogens is 346 g/mol. The Morgan fingerprint density at radius 3 is 2.00 bits per heavy atom. The molecule has 3 rings (SSSR count). The normalized spacial score (nSPS) is 12.7. The van der Waals surface area contributed by atoms with E-state index in [4.69, 9.17) is 0 Å². The van der Waals surface area contributed by atoms with Crippen LogP contribution in [0, 0.1) is 0 Å². The largest absolute Gasteiger partial charge is 0.345 e. The van der Waals surface area contributed by atoms with Crippen molar-refractivity contribution in [2.24, 2.45) is 0 Å². The molecule has 7 heteroatoms. The standard InChI is InChI=1S/C20H19N3O4/c1-22(2)18(25)13-7-9-14(10-8-13)21-17(24)11-12-23-19(26)15-5-3-4-6-16(15)20(23)27/h3-10H,11-12H2,1-2H3,(H,21,24). The number of hydrogen-bond donors (Lipinski definition) is 1. The van der Waals surface area contributed by atoms with Crippen LogP contribution in [0.2, 0.25) is 0 Å². The van der Waals surface area contributed by atoms with Crippen molar-refractivity contribution in [3.63, 3.8) is 0 Å². The van der Waals surface area contributed by atoms with E-state index in [0.717, 1.165) is 4.90 Å². The lowest BCUT2D eigenvalue weighted by Crippen LogP contribution is -2.32. The molecule has 1 aliphatic rings. The Kier molecular flexibility index (Phi) is 5.03. The Balaban J connectivity index is 1.57. The molecule has 1 heterocycles. The smallest absolute Gasteiger partial charge is 0.261 e. The molecule has 0 atom stereocenters. The number of rotatable bonds is 5. The van der Waals surface area contributed by atoms with E-state index in [-0.39, 0.29) is 36.6 Å². The van der Waals surface area contributed by atoms with Gasteiger partial charge in [0.05, 0.1) is 11.1 Å². The van der Waals surface area contributed by atoms with Crippen LogP contribution in [-0.2, 0) is 4.79 Å². The van der Waals surface area contributed by atoms with Crippen molar-refractivity contribution in [1.29, 1.82) is 0 Å². The van der Waals surface area contributed by atoms with Crippen LogP contribution >= 0.6 is 0 Å². The van der Waals surface area contributed by atoms with Crippen LogP contribution in [0.3, 0.4) is 0 Å². The van der Waals surface area contributed by atoms with Crippen molar-refractivity contribution in [2.75, 3.05) is 26.0 Å². The van der Waals surface area contributed by atoms with Crippen molar-refractivity contribution in [3.8, 4) is 0 Å². The Hall–Kier alpha value is -3.48. The fraction of sp³-hybridized carbons (Fsp3) is 0.200. The van der Waals surface area contributed by atoms with Crippen LogP contribution in [0.4, 0.5) is 5.69 Å². The zero-order valence-corrected chi connectivity index (χ0v) is 15.1. The van der Waals surface area contributed by atoms with E-state index in [1.807, 2.05) is 0 Å². The Morgan fingerprint density at radius 1 is 0.926 bits per heavy atom. The third kappa shape index (κ3) is 3.72. The van der Waals surface area contributed by atoms with Crippen molar-refractivity contribution in [1.82, 2.24) is 9.80 Å². The molecule has 0 radical (unpaired) electrons. The molecule has 0 aromatic heterocycles. The third-order valence-corrected chi connectivity index (χ3v) is 4.26. The van der Waals surface area contributed by atoms with Crippen LogP contribution in [0.15, 0.2) is 48.5 Å². The molecule has 0 aliphatic carbocycles. The second-order valence-corrected chi connectivity index (χ2v) is 6.38. The molecule has 0 unspecified atom stereocenters. The molecule has 4 amide bonds. The number of nitrogens with one attached hydrogen (secondary N) is 1. The van der Waals surface area contributed by atoms with Gasteiger partial charge in [-0.25, -0.2) is 0 Å². The van der Waals surface area contributed by atoms with Crippen molar-refractivity contribution in [2.45, 2.75) is 6.42 Å². The van der Waals surface area contributed by atoms with Gasteiger partial charge in [0, 0.05) is 38.3 Å². The minimum absolute atomic E-state index is 0.00930. The number of carbonyl (C=O) groups excluding carboxylic acids is 4. The van der Waals surface area contributed by atoms with E-state index in [1.165, 1.54) is 4.90 Å². The van der Waals surface area contributed by atoms with Crippen LogP contribution in [0.1, 0.15) is 37.5 Å². The lowest BCUT2D eigenvalue weighted by molar-refractivity contribution is -0.116. The first kappa shape index (κ1) is 18.3. The number of nitrogens with zero attached hydrogens (tertiary/aromatic N) is 2. The topological polar surface area (TPSA) is 86.8 Å². The molecular formula is C20H19N3O4. The van der Waals surface area contributed by atoms with Crippen LogP contribution in [0.5, 0.6) is 0 Å². The highest BCUT2D eigenvalue weighted by molar-refractivity contribution is 6.21. The summed E-state index contributed by atoms with van der Waals surface area (Å²) in [5.74, 6) is -1.21. The highest BCUT2D eigenvalue weighted by Crippen LogP contribution is 2.22. The van der Waals surface area contributed by atoms with E-state index in [9.17, 15) is 19.2 Å². The maximum atomic E-state index is 12.3. The summed E-state index contributed by atoms with van der Waals surface area (Å²) in [5.41, 5.74) is 1.79. The number of carbonyl (C=O) groups is 4. The summed E-state index contributed by atoms with van der Waals surface area (Å²) in [5, 5.41) is 2.70. The number of anilines is 1. The molecule has 1 N–H and O–H groups in total. The first-order chi connectivity index (χ1) is 12.9. The molecule has 0 spiro atoms. The molecule has 1 aliphatic heterocycles. The second kappa shape index (κ2) is 7.41. The van der Waals surface area contributed by atoms with Gasteiger partial charge in [0.2, 0.25) is 5.91 Å². The maximum Gasteiger partial charge on any atom is 0.261 e. The molecule has 2 aromatic carbocycles. The average Bonchev–Trinajstić information content (AvgIpc) is 2.91. The van der Waals surface area contributed by atoms with E-state index < -0.39 is 0 Å². The number of benzene rings is 2. The Labute approximate surface area is 156 Å². The number of hydrogen-bond acceptors (Lipinski definition) is 4. The fourth-order valence-electron chi connectivity index (χ4n) is 2.83. The molecule has 0 fully saturated rings. The van der Waals surface area contributed by atoms with Crippen molar-refractivity contribution >= 4 is 29.3 Å². The lowest BCUT2D eigenvalue weighted by Gasteiger charge is -2.14. The van der Waals surface area contributed by atoms with E-state index in [2.05, 4.69) is 5.32 Å². The quantitative estimate of drug-likeness (QED) is 0.821. The van der Waals surface area contributed by atoms with Gasteiger partial charge >= 0.3 is 0 Å². The van der Waals surface area contributed by atoms with Gasteiger partial charge in [0.25, 0.3) is 17.7 Å². The molecule has 0 saturated carbocycles. The summed E-state index contributed by atoms with van der Waals surface area (Å²) < 4.78 is 0. The van der Waals surface area contributed by atoms with Crippen molar-refractivity contribution in [3.05, 3.63) is 65.2 Å². The van der Waals surface area contributed by atoms with Crippen molar-refractivity contribution < 1.29 is 19.2 Å². The number of imide groups is 1. The van der Waals surface area contributed by atoms with Gasteiger partial charge < -0.3 is 10.2 Å². The minimum atomic E-state index is -0.380. The molecule has 7 nitrogen and oxygen atoms in total. The van der Waals surface area contributed by atoms with E-state index >= 15 is 0 Å². The summed E-state index contributed by atoms with van der Waals surface area (Å²) in [6, 6.07) is 13.1. The number of fused-ring (bicyclic) bond motifs is 1. The summed E-state index contributed by atoms with van der Waals surface area (Å²) >= 11 is 0. The van der Waals surface area contributed by atoms with Gasteiger partial charge in [-0.1, -0.05) is 12.1 Å². The van der Waals surface area contributed by atoms with Gasteiger partial charge in [-0.15, -0.1) is 0 Å². The summed E-state index contributed by atoms with van der Waals surface area (Å²) in [4.78, 5) is 51.1. The molecule has 0 bridgehead atoms. The van der Waals surface area contributed by atoms with Gasteiger partial charge in [-0.2, -0.15) is 0 Å².